The lowest BCUT2D eigenvalue weighted by Gasteiger charge is -2.27. The van der Waals surface area contributed by atoms with Gasteiger partial charge in [-0.05, 0) is 24.7 Å². The van der Waals surface area contributed by atoms with Crippen molar-refractivity contribution in [2.75, 3.05) is 18.1 Å². The van der Waals surface area contributed by atoms with Gasteiger partial charge in [0.1, 0.15) is 0 Å². The van der Waals surface area contributed by atoms with Crippen LogP contribution in [0.4, 0.5) is 0 Å². The highest BCUT2D eigenvalue weighted by molar-refractivity contribution is 7.91. The summed E-state index contributed by atoms with van der Waals surface area (Å²) in [5, 5.41) is 13.0. The highest BCUT2D eigenvalue weighted by Crippen LogP contribution is 2.20. The van der Waals surface area contributed by atoms with Crippen molar-refractivity contribution in [1.29, 1.82) is 0 Å². The van der Waals surface area contributed by atoms with Gasteiger partial charge in [-0.25, -0.2) is 8.42 Å². The molecule has 1 aliphatic heterocycles. The van der Waals surface area contributed by atoms with E-state index in [2.05, 4.69) is 26.1 Å². The molecule has 0 radical (unpaired) electrons. The van der Waals surface area contributed by atoms with Crippen LogP contribution in [0.1, 0.15) is 40.0 Å². The molecular weight excluding hydrogens is 238 g/mol. The highest BCUT2D eigenvalue weighted by Gasteiger charge is 2.25. The predicted octanol–water partition coefficient (Wildman–Crippen LogP) is 0.950. The molecule has 0 aromatic rings. The van der Waals surface area contributed by atoms with Gasteiger partial charge in [0.25, 0.3) is 0 Å². The van der Waals surface area contributed by atoms with Crippen LogP contribution in [-0.2, 0) is 9.84 Å². The maximum Gasteiger partial charge on any atom is 0.151 e. The molecule has 4 nitrogen and oxygen atoms in total. The molecule has 102 valence electrons. The second-order valence-electron chi connectivity index (χ2n) is 6.28. The molecule has 0 amide bonds. The van der Waals surface area contributed by atoms with E-state index >= 15 is 0 Å². The third-order valence-electron chi connectivity index (χ3n) is 2.95. The fourth-order valence-electron chi connectivity index (χ4n) is 2.27. The monoisotopic (exact) mass is 263 g/mol. The maximum atomic E-state index is 11.4. The van der Waals surface area contributed by atoms with Crippen molar-refractivity contribution >= 4 is 9.84 Å². The molecule has 1 rings (SSSR count). The van der Waals surface area contributed by atoms with Gasteiger partial charge in [-0.2, -0.15) is 0 Å². The summed E-state index contributed by atoms with van der Waals surface area (Å²) in [4.78, 5) is 0. The van der Waals surface area contributed by atoms with Gasteiger partial charge in [0.05, 0.1) is 17.6 Å². The molecule has 1 saturated heterocycles. The number of hydrogen-bond acceptors (Lipinski definition) is 4. The van der Waals surface area contributed by atoms with Crippen molar-refractivity contribution in [2.24, 2.45) is 5.41 Å². The van der Waals surface area contributed by atoms with Gasteiger partial charge < -0.3 is 10.4 Å². The van der Waals surface area contributed by atoms with E-state index < -0.39 is 15.9 Å². The Hall–Kier alpha value is -0.130. The summed E-state index contributed by atoms with van der Waals surface area (Å²) in [6.07, 6.45) is 1.94. The van der Waals surface area contributed by atoms with Gasteiger partial charge >= 0.3 is 0 Å². The van der Waals surface area contributed by atoms with E-state index in [1.807, 2.05) is 0 Å². The Morgan fingerprint density at radius 1 is 1.41 bits per heavy atom. The van der Waals surface area contributed by atoms with Crippen LogP contribution in [0.15, 0.2) is 0 Å². The van der Waals surface area contributed by atoms with Crippen molar-refractivity contribution in [2.45, 2.75) is 52.2 Å². The minimum absolute atomic E-state index is 0.0170. The average Bonchev–Trinajstić information content (AvgIpc) is 2.10. The Morgan fingerprint density at radius 2 is 2.06 bits per heavy atom. The standard InChI is InChI=1S/C12H25NO3S/c1-12(2,3)7-11(14)8-13-10-5-4-6-17(15,16)9-10/h10-11,13-14H,4-9H2,1-3H3. The van der Waals surface area contributed by atoms with Gasteiger partial charge in [-0.1, -0.05) is 20.8 Å². The Labute approximate surface area is 105 Å². The lowest BCUT2D eigenvalue weighted by atomic mass is 9.89. The quantitative estimate of drug-likeness (QED) is 0.792. The van der Waals surface area contributed by atoms with E-state index in [1.54, 1.807) is 0 Å². The van der Waals surface area contributed by atoms with Crippen molar-refractivity contribution in [3.63, 3.8) is 0 Å². The Morgan fingerprint density at radius 3 is 2.59 bits per heavy atom. The zero-order valence-corrected chi connectivity index (χ0v) is 11.9. The van der Waals surface area contributed by atoms with Crippen molar-refractivity contribution < 1.29 is 13.5 Å². The molecule has 0 aromatic heterocycles. The summed E-state index contributed by atoms with van der Waals surface area (Å²) in [6, 6.07) is 0.0170. The summed E-state index contributed by atoms with van der Waals surface area (Å²) in [5.74, 6) is 0.533. The molecule has 0 bridgehead atoms. The third kappa shape index (κ3) is 6.38. The third-order valence-corrected chi connectivity index (χ3v) is 4.77. The SMILES string of the molecule is CC(C)(C)CC(O)CNC1CCCS(=O)(=O)C1. The van der Waals surface area contributed by atoms with E-state index in [-0.39, 0.29) is 17.2 Å². The fourth-order valence-corrected chi connectivity index (χ4v) is 3.94. The molecular formula is C12H25NO3S. The molecule has 5 heteroatoms. The zero-order chi connectivity index (χ0) is 13.1. The second-order valence-corrected chi connectivity index (χ2v) is 8.51. The number of nitrogens with one attached hydrogen (secondary N) is 1. The number of hydrogen-bond donors (Lipinski definition) is 2. The molecule has 1 aliphatic rings. The van der Waals surface area contributed by atoms with Crippen LogP contribution < -0.4 is 5.32 Å². The first-order valence-corrected chi connectivity index (χ1v) is 8.12. The van der Waals surface area contributed by atoms with Crippen LogP contribution in [0.5, 0.6) is 0 Å². The van der Waals surface area contributed by atoms with Gasteiger partial charge in [0.2, 0.25) is 0 Å². The Kier molecular flexibility index (Phi) is 4.98. The summed E-state index contributed by atoms with van der Waals surface area (Å²) < 4.78 is 22.9. The molecule has 2 N–H and O–H groups in total. The minimum atomic E-state index is -2.86. The molecule has 2 atom stereocenters. The normalized spacial score (nSPS) is 26.7. The second kappa shape index (κ2) is 5.67. The van der Waals surface area contributed by atoms with Crippen LogP contribution in [0.3, 0.4) is 0 Å². The number of aliphatic hydroxyl groups excluding tert-OH is 1. The Balaban J connectivity index is 2.31. The lowest BCUT2D eigenvalue weighted by Crippen LogP contribution is -2.43. The van der Waals surface area contributed by atoms with E-state index in [9.17, 15) is 13.5 Å². The maximum absolute atomic E-state index is 11.4. The first-order valence-electron chi connectivity index (χ1n) is 6.30. The van der Waals surface area contributed by atoms with Crippen molar-refractivity contribution in [3.05, 3.63) is 0 Å². The van der Waals surface area contributed by atoms with Crippen molar-refractivity contribution in [3.8, 4) is 0 Å². The molecule has 0 spiro atoms. The fraction of sp³-hybridized carbons (Fsp3) is 1.00. The molecule has 17 heavy (non-hydrogen) atoms. The van der Waals surface area contributed by atoms with Gasteiger partial charge in [0, 0.05) is 12.6 Å². The van der Waals surface area contributed by atoms with Crippen LogP contribution >= 0.6 is 0 Å². The number of aliphatic hydroxyl groups is 1. The average molecular weight is 263 g/mol. The molecule has 2 unspecified atom stereocenters. The summed E-state index contributed by atoms with van der Waals surface area (Å²) in [6.45, 7) is 6.74. The van der Waals surface area contributed by atoms with Crippen LogP contribution in [0.2, 0.25) is 0 Å². The van der Waals surface area contributed by atoms with E-state index in [0.29, 0.717) is 12.3 Å². The molecule has 1 heterocycles. The van der Waals surface area contributed by atoms with E-state index in [0.717, 1.165) is 19.3 Å². The highest BCUT2D eigenvalue weighted by atomic mass is 32.2. The summed E-state index contributed by atoms with van der Waals surface area (Å²) >= 11 is 0. The minimum Gasteiger partial charge on any atom is -0.392 e. The zero-order valence-electron chi connectivity index (χ0n) is 11.1. The van der Waals surface area contributed by atoms with Gasteiger partial charge in [-0.15, -0.1) is 0 Å². The van der Waals surface area contributed by atoms with Crippen molar-refractivity contribution in [1.82, 2.24) is 5.32 Å². The topological polar surface area (TPSA) is 66.4 Å². The Bertz CT molecular complexity index is 332. The molecule has 0 aliphatic carbocycles. The largest absolute Gasteiger partial charge is 0.392 e. The lowest BCUT2D eigenvalue weighted by molar-refractivity contribution is 0.116. The first kappa shape index (κ1) is 14.9. The smallest absolute Gasteiger partial charge is 0.151 e. The van der Waals surface area contributed by atoms with Crippen LogP contribution in [0, 0.1) is 5.41 Å². The molecule has 0 saturated carbocycles. The van der Waals surface area contributed by atoms with E-state index in [1.165, 1.54) is 0 Å². The molecule has 1 fully saturated rings. The first-order chi connectivity index (χ1) is 7.68. The van der Waals surface area contributed by atoms with Gasteiger partial charge in [0.15, 0.2) is 9.84 Å². The number of rotatable bonds is 4. The van der Waals surface area contributed by atoms with Crippen LogP contribution in [-0.4, -0.2) is 43.7 Å². The molecule has 0 aromatic carbocycles. The predicted molar refractivity (Wildman–Crippen MR) is 69.8 cm³/mol. The van der Waals surface area contributed by atoms with Gasteiger partial charge in [-0.3, -0.25) is 0 Å². The van der Waals surface area contributed by atoms with Crippen LogP contribution in [0.25, 0.3) is 0 Å². The summed E-state index contributed by atoms with van der Waals surface area (Å²) in [5.41, 5.74) is 0.0970. The number of sulfone groups is 1. The van der Waals surface area contributed by atoms with E-state index in [4.69, 9.17) is 0 Å². The summed E-state index contributed by atoms with van der Waals surface area (Å²) in [7, 11) is -2.86.